The van der Waals surface area contributed by atoms with Crippen molar-refractivity contribution < 1.29 is 4.79 Å². The quantitative estimate of drug-likeness (QED) is 0.484. The van der Waals surface area contributed by atoms with Gasteiger partial charge in [0.05, 0.1) is 0 Å². The normalized spacial score (nSPS) is 42.6. The highest BCUT2D eigenvalue weighted by Gasteiger charge is 2.47. The molecule has 2 aliphatic rings. The van der Waals surface area contributed by atoms with Crippen LogP contribution in [0.1, 0.15) is 46.5 Å². The number of hydrogen-bond acceptors (Lipinski definition) is 1. The maximum Gasteiger partial charge on any atom is 0.127 e. The van der Waals surface area contributed by atoms with Crippen LogP contribution >= 0.6 is 0 Å². The monoisotopic (exact) mass is 220 g/mol. The summed E-state index contributed by atoms with van der Waals surface area (Å²) in [5, 5.41) is 0. The van der Waals surface area contributed by atoms with Gasteiger partial charge in [-0.25, -0.2) is 0 Å². The molecule has 0 spiro atoms. The zero-order chi connectivity index (χ0) is 11.9. The number of carbonyl (C=O) groups excluding carboxylic acids is 1. The third-order valence-electron chi connectivity index (χ3n) is 5.18. The standard InChI is InChI=1S/C15H24O/c1-10-5-6-13-14(12(10)9-16)11(2)7-8-15(13,3)4/h9,11-14H,1,5-8H2,2-4H3/t11-,12+,13-,14?/m1/s1. The van der Waals surface area contributed by atoms with Crippen molar-refractivity contribution in [2.24, 2.45) is 29.1 Å². The molecule has 0 aromatic rings. The number of fused-ring (bicyclic) bond motifs is 1. The molecule has 2 fully saturated rings. The number of rotatable bonds is 1. The van der Waals surface area contributed by atoms with Gasteiger partial charge in [-0.1, -0.05) is 32.9 Å². The summed E-state index contributed by atoms with van der Waals surface area (Å²) >= 11 is 0. The van der Waals surface area contributed by atoms with Crippen LogP contribution in [0, 0.1) is 29.1 Å². The Labute approximate surface area is 99.3 Å². The van der Waals surface area contributed by atoms with Crippen LogP contribution in [0.2, 0.25) is 0 Å². The summed E-state index contributed by atoms with van der Waals surface area (Å²) in [6.07, 6.45) is 6.04. The van der Waals surface area contributed by atoms with Crippen LogP contribution in [0.4, 0.5) is 0 Å². The number of carbonyl (C=O) groups is 1. The second-order valence-corrected chi connectivity index (χ2v) is 6.55. The lowest BCUT2D eigenvalue weighted by atomic mass is 9.52. The van der Waals surface area contributed by atoms with Gasteiger partial charge in [0.15, 0.2) is 0 Å². The van der Waals surface area contributed by atoms with Crippen molar-refractivity contribution >= 4 is 6.29 Å². The van der Waals surface area contributed by atoms with Crippen LogP contribution < -0.4 is 0 Å². The number of aldehydes is 1. The molecule has 4 atom stereocenters. The molecule has 0 aromatic heterocycles. The molecule has 0 heterocycles. The minimum atomic E-state index is 0.133. The van der Waals surface area contributed by atoms with Crippen LogP contribution in [-0.2, 0) is 4.79 Å². The van der Waals surface area contributed by atoms with Crippen LogP contribution in [-0.4, -0.2) is 6.29 Å². The summed E-state index contributed by atoms with van der Waals surface area (Å²) in [7, 11) is 0. The lowest BCUT2D eigenvalue weighted by molar-refractivity contribution is -0.116. The maximum atomic E-state index is 11.3. The highest BCUT2D eigenvalue weighted by molar-refractivity contribution is 5.60. The summed E-state index contributed by atoms with van der Waals surface area (Å²) in [6, 6.07) is 0. The Balaban J connectivity index is 2.31. The molecule has 2 saturated carbocycles. The number of allylic oxidation sites excluding steroid dienone is 1. The minimum Gasteiger partial charge on any atom is -0.303 e. The van der Waals surface area contributed by atoms with E-state index in [1.54, 1.807) is 0 Å². The Bertz CT molecular complexity index is 303. The van der Waals surface area contributed by atoms with Gasteiger partial charge in [-0.3, -0.25) is 0 Å². The first-order chi connectivity index (χ1) is 7.47. The topological polar surface area (TPSA) is 17.1 Å². The van der Waals surface area contributed by atoms with Gasteiger partial charge in [-0.2, -0.15) is 0 Å². The molecule has 0 amide bonds. The van der Waals surface area contributed by atoms with E-state index in [0.29, 0.717) is 17.3 Å². The predicted molar refractivity (Wildman–Crippen MR) is 67.1 cm³/mol. The summed E-state index contributed by atoms with van der Waals surface area (Å²) in [6.45, 7) is 11.2. The Morgan fingerprint density at radius 2 is 2.06 bits per heavy atom. The van der Waals surface area contributed by atoms with Gasteiger partial charge in [0.2, 0.25) is 0 Å². The Morgan fingerprint density at radius 1 is 1.38 bits per heavy atom. The van der Waals surface area contributed by atoms with E-state index < -0.39 is 0 Å². The van der Waals surface area contributed by atoms with Gasteiger partial charge >= 0.3 is 0 Å². The smallest absolute Gasteiger partial charge is 0.127 e. The van der Waals surface area contributed by atoms with Crippen molar-refractivity contribution in [1.82, 2.24) is 0 Å². The van der Waals surface area contributed by atoms with Crippen LogP contribution in [0.25, 0.3) is 0 Å². The average molecular weight is 220 g/mol. The van der Waals surface area contributed by atoms with Crippen molar-refractivity contribution in [3.8, 4) is 0 Å². The Hall–Kier alpha value is -0.590. The molecule has 1 unspecified atom stereocenters. The molecule has 0 aromatic carbocycles. The molecular formula is C15H24O. The van der Waals surface area contributed by atoms with Gasteiger partial charge in [-0.05, 0) is 48.9 Å². The van der Waals surface area contributed by atoms with Crippen LogP contribution in [0.5, 0.6) is 0 Å². The molecule has 0 aliphatic heterocycles. The largest absolute Gasteiger partial charge is 0.303 e. The van der Waals surface area contributed by atoms with Gasteiger partial charge in [0.25, 0.3) is 0 Å². The summed E-state index contributed by atoms with van der Waals surface area (Å²) in [5.74, 6) is 2.10. The summed E-state index contributed by atoms with van der Waals surface area (Å²) < 4.78 is 0. The molecule has 0 radical (unpaired) electrons. The second kappa shape index (κ2) is 4.01. The van der Waals surface area contributed by atoms with Gasteiger partial charge in [0, 0.05) is 5.92 Å². The highest BCUT2D eigenvalue weighted by Crippen LogP contribution is 2.55. The lowest BCUT2D eigenvalue weighted by Crippen LogP contribution is -2.46. The van der Waals surface area contributed by atoms with E-state index in [4.69, 9.17) is 0 Å². The molecule has 2 aliphatic carbocycles. The summed E-state index contributed by atoms with van der Waals surface area (Å²) in [4.78, 5) is 11.3. The van der Waals surface area contributed by atoms with Crippen molar-refractivity contribution in [2.45, 2.75) is 46.5 Å². The fourth-order valence-corrected chi connectivity index (χ4v) is 4.05. The SMILES string of the molecule is C=C1CC[C@@H]2C([C@H](C)CCC2(C)C)[C@H]1C=O. The van der Waals surface area contributed by atoms with E-state index in [-0.39, 0.29) is 5.92 Å². The van der Waals surface area contributed by atoms with Crippen molar-refractivity contribution in [3.05, 3.63) is 12.2 Å². The third kappa shape index (κ3) is 1.74. The Kier molecular flexibility index (Phi) is 2.98. The zero-order valence-electron chi connectivity index (χ0n) is 10.8. The average Bonchev–Trinajstić information content (AvgIpc) is 2.23. The fourth-order valence-electron chi connectivity index (χ4n) is 4.05. The first-order valence-corrected chi connectivity index (χ1v) is 6.60. The van der Waals surface area contributed by atoms with E-state index in [1.807, 2.05) is 0 Å². The van der Waals surface area contributed by atoms with Crippen molar-refractivity contribution in [2.75, 3.05) is 0 Å². The molecule has 16 heavy (non-hydrogen) atoms. The van der Waals surface area contributed by atoms with E-state index in [0.717, 1.165) is 18.6 Å². The molecule has 0 bridgehead atoms. The van der Waals surface area contributed by atoms with E-state index in [1.165, 1.54) is 24.8 Å². The molecule has 1 nitrogen and oxygen atoms in total. The Morgan fingerprint density at radius 3 is 2.69 bits per heavy atom. The van der Waals surface area contributed by atoms with Gasteiger partial charge in [0.1, 0.15) is 6.29 Å². The number of hydrogen-bond donors (Lipinski definition) is 0. The highest BCUT2D eigenvalue weighted by atomic mass is 16.1. The summed E-state index contributed by atoms with van der Waals surface area (Å²) in [5.41, 5.74) is 1.60. The van der Waals surface area contributed by atoms with Gasteiger partial charge in [-0.15, -0.1) is 0 Å². The van der Waals surface area contributed by atoms with Crippen molar-refractivity contribution in [1.29, 1.82) is 0 Å². The van der Waals surface area contributed by atoms with E-state index in [9.17, 15) is 4.79 Å². The lowest BCUT2D eigenvalue weighted by Gasteiger charge is -2.52. The minimum absolute atomic E-state index is 0.133. The molecule has 0 saturated heterocycles. The molecular weight excluding hydrogens is 196 g/mol. The maximum absolute atomic E-state index is 11.3. The second-order valence-electron chi connectivity index (χ2n) is 6.55. The van der Waals surface area contributed by atoms with Gasteiger partial charge < -0.3 is 4.79 Å². The fraction of sp³-hybridized carbons (Fsp3) is 0.800. The predicted octanol–water partition coefficient (Wildman–Crippen LogP) is 3.84. The van der Waals surface area contributed by atoms with E-state index >= 15 is 0 Å². The third-order valence-corrected chi connectivity index (χ3v) is 5.18. The zero-order valence-corrected chi connectivity index (χ0v) is 10.8. The van der Waals surface area contributed by atoms with Crippen molar-refractivity contribution in [3.63, 3.8) is 0 Å². The van der Waals surface area contributed by atoms with Crippen LogP contribution in [0.3, 0.4) is 0 Å². The molecule has 90 valence electrons. The molecule has 0 N–H and O–H groups in total. The van der Waals surface area contributed by atoms with E-state index in [2.05, 4.69) is 27.4 Å². The van der Waals surface area contributed by atoms with Crippen LogP contribution in [0.15, 0.2) is 12.2 Å². The first-order valence-electron chi connectivity index (χ1n) is 6.60. The molecule has 1 heteroatoms. The first kappa shape index (κ1) is 11.9. The molecule has 2 rings (SSSR count).